The number of terminal acetylenes is 1. The van der Waals surface area contributed by atoms with Crippen molar-refractivity contribution in [3.05, 3.63) is 65.7 Å². The Bertz CT molecular complexity index is 1020. The first-order chi connectivity index (χ1) is 16.6. The molecule has 0 bridgehead atoms. The summed E-state index contributed by atoms with van der Waals surface area (Å²) in [5.74, 6) is 1.79. The molecule has 2 N–H and O–H groups in total. The highest BCUT2D eigenvalue weighted by molar-refractivity contribution is 5.90. The molecule has 0 aliphatic rings. The number of methoxy groups -OCH3 is 1. The molecule has 0 radical (unpaired) electrons. The van der Waals surface area contributed by atoms with E-state index in [4.69, 9.17) is 20.6 Å². The SMILES string of the molecule is C#CCC(NC(=O)OC(C)(C)C)C(=O)NC(Cc1ccc(OC)cc1)C(=O)OCc1ccccc1. The molecule has 2 rings (SSSR count). The summed E-state index contributed by atoms with van der Waals surface area (Å²) < 4.78 is 15.9. The largest absolute Gasteiger partial charge is 0.497 e. The molecule has 2 unspecified atom stereocenters. The summed E-state index contributed by atoms with van der Waals surface area (Å²) in [6.07, 6.45) is 4.69. The molecule has 2 atom stereocenters. The second kappa shape index (κ2) is 13.0. The summed E-state index contributed by atoms with van der Waals surface area (Å²) in [6.45, 7) is 5.17. The number of carbonyl (C=O) groups excluding carboxylic acids is 3. The summed E-state index contributed by atoms with van der Waals surface area (Å²) in [5, 5.41) is 5.14. The third-order valence-electron chi connectivity index (χ3n) is 4.75. The summed E-state index contributed by atoms with van der Waals surface area (Å²) in [6, 6.07) is 14.2. The van der Waals surface area contributed by atoms with Crippen molar-refractivity contribution in [1.82, 2.24) is 10.6 Å². The van der Waals surface area contributed by atoms with Gasteiger partial charge in [0.05, 0.1) is 7.11 Å². The van der Waals surface area contributed by atoms with E-state index in [1.807, 2.05) is 30.3 Å². The maximum atomic E-state index is 13.0. The molecule has 2 aromatic carbocycles. The molecule has 0 aliphatic carbocycles. The van der Waals surface area contributed by atoms with Crippen molar-refractivity contribution in [3.8, 4) is 18.1 Å². The summed E-state index contributed by atoms with van der Waals surface area (Å²) in [4.78, 5) is 38.2. The maximum Gasteiger partial charge on any atom is 0.408 e. The fourth-order valence-electron chi connectivity index (χ4n) is 3.07. The zero-order valence-electron chi connectivity index (χ0n) is 20.5. The van der Waals surface area contributed by atoms with Crippen LogP contribution >= 0.6 is 0 Å². The monoisotopic (exact) mass is 480 g/mol. The molecule has 8 heteroatoms. The van der Waals surface area contributed by atoms with Crippen LogP contribution in [0.3, 0.4) is 0 Å². The van der Waals surface area contributed by atoms with Gasteiger partial charge in [-0.3, -0.25) is 4.79 Å². The van der Waals surface area contributed by atoms with Gasteiger partial charge in [-0.25, -0.2) is 9.59 Å². The third kappa shape index (κ3) is 9.80. The lowest BCUT2D eigenvalue weighted by Gasteiger charge is -2.24. The van der Waals surface area contributed by atoms with E-state index in [1.54, 1.807) is 52.1 Å². The first-order valence-electron chi connectivity index (χ1n) is 11.2. The lowest BCUT2D eigenvalue weighted by atomic mass is 10.0. The van der Waals surface area contributed by atoms with Crippen LogP contribution in [0.5, 0.6) is 5.75 Å². The number of hydrogen-bond acceptors (Lipinski definition) is 6. The highest BCUT2D eigenvalue weighted by Crippen LogP contribution is 2.14. The lowest BCUT2D eigenvalue weighted by Crippen LogP contribution is -2.53. The number of rotatable bonds is 10. The second-order valence-electron chi connectivity index (χ2n) is 8.81. The van der Waals surface area contributed by atoms with Gasteiger partial charge in [-0.05, 0) is 44.0 Å². The van der Waals surface area contributed by atoms with Crippen molar-refractivity contribution in [3.63, 3.8) is 0 Å². The Morgan fingerprint density at radius 3 is 2.17 bits per heavy atom. The topological polar surface area (TPSA) is 103 Å². The number of benzene rings is 2. The van der Waals surface area contributed by atoms with Crippen molar-refractivity contribution in [1.29, 1.82) is 0 Å². The molecule has 0 saturated heterocycles. The minimum atomic E-state index is -1.09. The molecule has 0 saturated carbocycles. The van der Waals surface area contributed by atoms with Crippen molar-refractivity contribution in [2.45, 2.75) is 57.9 Å². The number of nitrogens with one attached hydrogen (secondary N) is 2. The van der Waals surface area contributed by atoms with Gasteiger partial charge in [0.25, 0.3) is 0 Å². The van der Waals surface area contributed by atoms with Gasteiger partial charge in [0.2, 0.25) is 5.91 Å². The summed E-state index contributed by atoms with van der Waals surface area (Å²) >= 11 is 0. The highest BCUT2D eigenvalue weighted by Gasteiger charge is 2.29. The zero-order valence-corrected chi connectivity index (χ0v) is 20.5. The Balaban J connectivity index is 2.15. The fraction of sp³-hybridized carbons (Fsp3) is 0.370. The van der Waals surface area contributed by atoms with Crippen molar-refractivity contribution < 1.29 is 28.6 Å². The number of amides is 2. The van der Waals surface area contributed by atoms with Crippen molar-refractivity contribution in [2.24, 2.45) is 0 Å². The molecule has 0 spiro atoms. The third-order valence-corrected chi connectivity index (χ3v) is 4.75. The molecule has 2 amide bonds. The zero-order chi connectivity index (χ0) is 25.8. The summed E-state index contributed by atoms with van der Waals surface area (Å²) in [7, 11) is 1.56. The predicted octanol–water partition coefficient (Wildman–Crippen LogP) is 3.38. The van der Waals surface area contributed by atoms with Crippen molar-refractivity contribution in [2.75, 3.05) is 7.11 Å². The maximum absolute atomic E-state index is 13.0. The van der Waals surface area contributed by atoms with Crippen LogP contribution in [0.2, 0.25) is 0 Å². The van der Waals surface area contributed by atoms with E-state index in [0.717, 1.165) is 11.1 Å². The van der Waals surface area contributed by atoms with E-state index in [-0.39, 0.29) is 19.4 Å². The Kier molecular flexibility index (Phi) is 10.2. The van der Waals surface area contributed by atoms with E-state index in [9.17, 15) is 14.4 Å². The number of alkyl carbamates (subject to hydrolysis) is 1. The highest BCUT2D eigenvalue weighted by atomic mass is 16.6. The Morgan fingerprint density at radius 2 is 1.60 bits per heavy atom. The standard InChI is InChI=1S/C27H32N2O6/c1-6-10-22(29-26(32)35-27(2,3)4)24(30)28-23(17-19-13-15-21(33-5)16-14-19)25(31)34-18-20-11-8-7-9-12-20/h1,7-9,11-16,22-23H,10,17-18H2,2-5H3,(H,28,30)(H,29,32). The minimum Gasteiger partial charge on any atom is -0.497 e. The van der Waals surface area contributed by atoms with Gasteiger partial charge < -0.3 is 24.8 Å². The first-order valence-corrected chi connectivity index (χ1v) is 11.2. The van der Waals surface area contributed by atoms with Crippen LogP contribution in [0.4, 0.5) is 4.79 Å². The predicted molar refractivity (Wildman–Crippen MR) is 131 cm³/mol. The molecule has 2 aromatic rings. The minimum absolute atomic E-state index is 0.0542. The Morgan fingerprint density at radius 1 is 0.943 bits per heavy atom. The summed E-state index contributed by atoms with van der Waals surface area (Å²) in [5.41, 5.74) is 0.841. The molecule has 35 heavy (non-hydrogen) atoms. The lowest BCUT2D eigenvalue weighted by molar-refractivity contribution is -0.149. The van der Waals surface area contributed by atoms with Gasteiger partial charge in [0, 0.05) is 12.8 Å². The van der Waals surface area contributed by atoms with Crippen LogP contribution in [0.15, 0.2) is 54.6 Å². The smallest absolute Gasteiger partial charge is 0.408 e. The quantitative estimate of drug-likeness (QED) is 0.399. The van der Waals surface area contributed by atoms with Gasteiger partial charge in [0.1, 0.15) is 30.0 Å². The number of esters is 1. The average molecular weight is 481 g/mol. The number of carbonyl (C=O) groups is 3. The van der Waals surface area contributed by atoms with E-state index in [0.29, 0.717) is 5.75 Å². The van der Waals surface area contributed by atoms with Gasteiger partial charge in [0.15, 0.2) is 0 Å². The van der Waals surface area contributed by atoms with Crippen LogP contribution in [-0.2, 0) is 32.1 Å². The second-order valence-corrected chi connectivity index (χ2v) is 8.81. The van der Waals surface area contributed by atoms with Crippen LogP contribution in [0, 0.1) is 12.3 Å². The average Bonchev–Trinajstić information content (AvgIpc) is 2.81. The number of hydrogen-bond donors (Lipinski definition) is 2. The Hall–Kier alpha value is -3.99. The molecule has 0 aromatic heterocycles. The van der Waals surface area contributed by atoms with Crippen LogP contribution in [0.1, 0.15) is 38.3 Å². The number of ether oxygens (including phenoxy) is 3. The molecule has 8 nitrogen and oxygen atoms in total. The van der Waals surface area contributed by atoms with Gasteiger partial charge in [-0.2, -0.15) is 0 Å². The molecule has 186 valence electrons. The molecular weight excluding hydrogens is 448 g/mol. The van der Waals surface area contributed by atoms with Gasteiger partial charge >= 0.3 is 12.1 Å². The normalized spacial score (nSPS) is 12.4. The van der Waals surface area contributed by atoms with Gasteiger partial charge in [-0.1, -0.05) is 42.5 Å². The van der Waals surface area contributed by atoms with Gasteiger partial charge in [-0.15, -0.1) is 12.3 Å². The van der Waals surface area contributed by atoms with Crippen LogP contribution in [-0.4, -0.2) is 42.8 Å². The molecule has 0 fully saturated rings. The van der Waals surface area contributed by atoms with E-state index >= 15 is 0 Å². The molecular formula is C27H32N2O6. The van der Waals surface area contributed by atoms with Crippen LogP contribution in [0.25, 0.3) is 0 Å². The fourth-order valence-corrected chi connectivity index (χ4v) is 3.07. The van der Waals surface area contributed by atoms with E-state index in [1.165, 1.54) is 0 Å². The first kappa shape index (κ1) is 27.3. The van der Waals surface area contributed by atoms with Crippen molar-refractivity contribution >= 4 is 18.0 Å². The molecule has 0 heterocycles. The Labute approximate surface area is 206 Å². The van der Waals surface area contributed by atoms with E-state index in [2.05, 4.69) is 16.6 Å². The molecule has 0 aliphatic heterocycles. The van der Waals surface area contributed by atoms with E-state index < -0.39 is 35.7 Å². The van der Waals surface area contributed by atoms with Crippen LogP contribution < -0.4 is 15.4 Å².